The van der Waals surface area contributed by atoms with E-state index in [1.807, 2.05) is 36.5 Å². The van der Waals surface area contributed by atoms with Crippen LogP contribution in [-0.4, -0.2) is 33.9 Å². The van der Waals surface area contributed by atoms with Gasteiger partial charge in [-0.2, -0.15) is 0 Å². The fourth-order valence-corrected chi connectivity index (χ4v) is 5.44. The quantitative estimate of drug-likeness (QED) is 0.329. The molecule has 2 amide bonds. The zero-order chi connectivity index (χ0) is 24.1. The van der Waals surface area contributed by atoms with Crippen molar-refractivity contribution in [1.82, 2.24) is 14.9 Å². The van der Waals surface area contributed by atoms with Gasteiger partial charge in [0.2, 0.25) is 0 Å². The van der Waals surface area contributed by atoms with Crippen LogP contribution in [0.25, 0.3) is 33.0 Å². The number of rotatable bonds is 6. The van der Waals surface area contributed by atoms with Gasteiger partial charge in [-0.05, 0) is 43.4 Å². The topological polar surface area (TPSA) is 93.2 Å². The van der Waals surface area contributed by atoms with Gasteiger partial charge in [-0.15, -0.1) is 0 Å². The lowest BCUT2D eigenvalue weighted by atomic mass is 9.94. The Labute approximate surface area is 201 Å². The summed E-state index contributed by atoms with van der Waals surface area (Å²) in [4.78, 5) is 41.1. The Bertz CT molecular complexity index is 1570. The average molecular weight is 468 g/mol. The lowest BCUT2D eigenvalue weighted by molar-refractivity contribution is -0.143. The summed E-state index contributed by atoms with van der Waals surface area (Å²) in [5.74, 6) is -0.972. The molecule has 0 atom stereocenters. The number of benzene rings is 2. The molecule has 7 heteroatoms. The van der Waals surface area contributed by atoms with E-state index < -0.39 is 0 Å². The van der Waals surface area contributed by atoms with Crippen LogP contribution in [0.15, 0.2) is 48.8 Å². The van der Waals surface area contributed by atoms with E-state index in [0.29, 0.717) is 36.2 Å². The number of amides is 2. The van der Waals surface area contributed by atoms with Crippen LogP contribution in [0.5, 0.6) is 0 Å². The van der Waals surface area contributed by atoms with Gasteiger partial charge in [-0.3, -0.25) is 19.7 Å². The van der Waals surface area contributed by atoms with Gasteiger partial charge in [-0.1, -0.05) is 30.3 Å². The highest BCUT2D eigenvalue weighted by Gasteiger charge is 2.35. The maximum Gasteiger partial charge on any atom is 0.306 e. The first kappa shape index (κ1) is 21.4. The van der Waals surface area contributed by atoms with Crippen LogP contribution in [0.3, 0.4) is 0 Å². The summed E-state index contributed by atoms with van der Waals surface area (Å²) in [5.41, 5.74) is 6.57. The minimum atomic E-state index is -0.385. The second kappa shape index (κ2) is 8.27. The molecule has 35 heavy (non-hydrogen) atoms. The summed E-state index contributed by atoms with van der Waals surface area (Å²) in [7, 11) is 0. The molecule has 0 aliphatic carbocycles. The van der Waals surface area contributed by atoms with Gasteiger partial charge in [0, 0.05) is 52.8 Å². The van der Waals surface area contributed by atoms with Crippen molar-refractivity contribution in [3.63, 3.8) is 0 Å². The third-order valence-electron chi connectivity index (χ3n) is 6.97. The van der Waals surface area contributed by atoms with Crippen LogP contribution in [0.1, 0.15) is 42.0 Å². The van der Waals surface area contributed by atoms with E-state index in [0.717, 1.165) is 52.3 Å². The molecule has 2 N–H and O–H groups in total. The highest BCUT2D eigenvalue weighted by Crippen LogP contribution is 2.40. The van der Waals surface area contributed by atoms with E-state index in [-0.39, 0.29) is 17.8 Å². The zero-order valence-electron chi connectivity index (χ0n) is 19.4. The molecule has 176 valence electrons. The van der Waals surface area contributed by atoms with Crippen molar-refractivity contribution in [3.05, 3.63) is 71.0 Å². The molecule has 0 saturated heterocycles. The fourth-order valence-electron chi connectivity index (χ4n) is 5.44. The largest absolute Gasteiger partial charge is 0.466 e. The van der Waals surface area contributed by atoms with Crippen LogP contribution >= 0.6 is 0 Å². The Morgan fingerprint density at radius 2 is 1.89 bits per heavy atom. The Morgan fingerprint density at radius 1 is 1.06 bits per heavy atom. The molecule has 0 unspecified atom stereocenters. The number of hydrogen-bond donors (Lipinski definition) is 2. The second-order valence-corrected chi connectivity index (χ2v) is 9.07. The predicted octanol–water partition coefficient (Wildman–Crippen LogP) is 4.13. The molecular formula is C28H25N3O4. The summed E-state index contributed by atoms with van der Waals surface area (Å²) < 4.78 is 7.22. The standard InChI is InChI=1S/C28H25N3O4/c1-2-35-23(32)11-9-16-8-10-18-20(14-29-22(18)13-16)24-25(28(34)30-27(24)33)21-15-31-12-4-6-17-5-3-7-19(21)26(17)31/h3,5,7-8,10,13-15,29H,2,4,6,9,11-12H2,1H3,(H,30,33,34). The van der Waals surface area contributed by atoms with Crippen LogP contribution in [0.2, 0.25) is 0 Å². The van der Waals surface area contributed by atoms with Gasteiger partial charge in [0.15, 0.2) is 0 Å². The first-order valence-electron chi connectivity index (χ1n) is 12.0. The van der Waals surface area contributed by atoms with Gasteiger partial charge >= 0.3 is 5.97 Å². The number of hydrogen-bond acceptors (Lipinski definition) is 4. The predicted molar refractivity (Wildman–Crippen MR) is 133 cm³/mol. The first-order valence-corrected chi connectivity index (χ1v) is 12.0. The van der Waals surface area contributed by atoms with Gasteiger partial charge in [0.1, 0.15) is 0 Å². The number of aromatic amines is 1. The number of nitrogens with one attached hydrogen (secondary N) is 2. The Balaban J connectivity index is 1.45. The molecule has 2 aromatic heterocycles. The van der Waals surface area contributed by atoms with Crippen molar-refractivity contribution in [2.75, 3.05) is 6.61 Å². The number of para-hydroxylation sites is 1. The molecule has 2 aromatic carbocycles. The van der Waals surface area contributed by atoms with Gasteiger partial charge in [0.25, 0.3) is 11.8 Å². The highest BCUT2D eigenvalue weighted by molar-refractivity contribution is 6.50. The van der Waals surface area contributed by atoms with Crippen molar-refractivity contribution >= 4 is 50.7 Å². The van der Waals surface area contributed by atoms with Crippen molar-refractivity contribution in [2.24, 2.45) is 0 Å². The minimum Gasteiger partial charge on any atom is -0.466 e. The van der Waals surface area contributed by atoms with E-state index in [2.05, 4.69) is 20.9 Å². The number of carbonyl (C=O) groups is 3. The molecule has 0 bridgehead atoms. The molecule has 7 nitrogen and oxygen atoms in total. The summed E-state index contributed by atoms with van der Waals surface area (Å²) >= 11 is 0. The number of nitrogens with zero attached hydrogens (tertiary/aromatic N) is 1. The summed E-state index contributed by atoms with van der Waals surface area (Å²) in [5, 5.41) is 4.38. The smallest absolute Gasteiger partial charge is 0.306 e. The number of imide groups is 1. The van der Waals surface area contributed by atoms with Crippen LogP contribution in [-0.2, 0) is 38.5 Å². The normalized spacial score (nSPS) is 15.3. The lowest BCUT2D eigenvalue weighted by Gasteiger charge is -2.14. The van der Waals surface area contributed by atoms with Crippen molar-refractivity contribution in [3.8, 4) is 0 Å². The SMILES string of the molecule is CCOC(=O)CCc1ccc2c(C3=C(c4cn5c6c(cccc46)CCC5)C(=O)NC3=O)c[nH]c2c1. The fraction of sp³-hybridized carbons (Fsp3) is 0.250. The highest BCUT2D eigenvalue weighted by atomic mass is 16.5. The first-order chi connectivity index (χ1) is 17.0. The summed E-state index contributed by atoms with van der Waals surface area (Å²) in [6, 6.07) is 12.1. The number of carbonyl (C=O) groups excluding carboxylic acids is 3. The van der Waals surface area contributed by atoms with Gasteiger partial charge in [-0.25, -0.2) is 0 Å². The van der Waals surface area contributed by atoms with E-state index in [4.69, 9.17) is 4.74 Å². The number of H-pyrrole nitrogens is 1. The maximum atomic E-state index is 13.1. The lowest BCUT2D eigenvalue weighted by Crippen LogP contribution is -2.22. The average Bonchev–Trinajstić information content (AvgIpc) is 3.51. The Morgan fingerprint density at radius 3 is 2.71 bits per heavy atom. The van der Waals surface area contributed by atoms with Crippen molar-refractivity contribution in [1.29, 1.82) is 0 Å². The van der Waals surface area contributed by atoms with Crippen LogP contribution in [0.4, 0.5) is 0 Å². The Hall–Kier alpha value is -4.13. The number of aromatic nitrogens is 2. The van der Waals surface area contributed by atoms with Crippen molar-refractivity contribution in [2.45, 2.75) is 39.2 Å². The second-order valence-electron chi connectivity index (χ2n) is 9.07. The van der Waals surface area contributed by atoms with E-state index >= 15 is 0 Å². The third-order valence-corrected chi connectivity index (χ3v) is 6.97. The molecule has 0 radical (unpaired) electrons. The van der Waals surface area contributed by atoms with Crippen LogP contribution in [0, 0.1) is 0 Å². The summed E-state index contributed by atoms with van der Waals surface area (Å²) in [6.07, 6.45) is 6.75. The van der Waals surface area contributed by atoms with E-state index in [9.17, 15) is 14.4 Å². The molecule has 6 rings (SSSR count). The molecule has 2 aliphatic rings. The number of esters is 1. The molecule has 0 saturated carbocycles. The van der Waals surface area contributed by atoms with Gasteiger partial charge in [0.05, 0.1) is 23.3 Å². The number of fused-ring (bicyclic) bond motifs is 1. The van der Waals surface area contributed by atoms with E-state index in [1.165, 1.54) is 5.56 Å². The molecule has 0 fully saturated rings. The summed E-state index contributed by atoms with van der Waals surface area (Å²) in [6.45, 7) is 3.06. The molecular weight excluding hydrogens is 442 g/mol. The molecule has 2 aliphatic heterocycles. The van der Waals surface area contributed by atoms with E-state index in [1.54, 1.807) is 13.1 Å². The molecule has 4 heterocycles. The number of aryl methyl sites for hydroxylation is 3. The monoisotopic (exact) mass is 467 g/mol. The molecule has 0 spiro atoms. The van der Waals surface area contributed by atoms with Gasteiger partial charge < -0.3 is 14.3 Å². The Kier molecular flexibility index (Phi) is 5.06. The third kappa shape index (κ3) is 3.46. The van der Waals surface area contributed by atoms with Crippen molar-refractivity contribution < 1.29 is 19.1 Å². The minimum absolute atomic E-state index is 0.220. The zero-order valence-corrected chi connectivity index (χ0v) is 19.4. The molecule has 4 aromatic rings. The maximum absolute atomic E-state index is 13.1. The number of ether oxygens (including phenoxy) is 1. The van der Waals surface area contributed by atoms with Crippen LogP contribution < -0.4 is 5.32 Å².